The van der Waals surface area contributed by atoms with Crippen molar-refractivity contribution in [2.45, 2.75) is 97.8 Å². The second-order valence-electron chi connectivity index (χ2n) is 11.8. The average molecular weight is 523 g/mol. The first kappa shape index (κ1) is 35.7. The van der Waals surface area contributed by atoms with E-state index in [4.69, 9.17) is 14.6 Å². The maximum absolute atomic E-state index is 9.48. The van der Waals surface area contributed by atoms with Gasteiger partial charge in [0.15, 0.2) is 0 Å². The van der Waals surface area contributed by atoms with Gasteiger partial charge in [-0.25, -0.2) is 0 Å². The topological polar surface area (TPSA) is 72.8 Å². The summed E-state index contributed by atoms with van der Waals surface area (Å²) in [6.45, 7) is 14.3. The van der Waals surface area contributed by atoms with Gasteiger partial charge in [0.1, 0.15) is 12.6 Å². The quantitative estimate of drug-likeness (QED) is 0.193. The second kappa shape index (κ2) is 22.7. The first-order chi connectivity index (χ1) is 17.7. The molecule has 0 bridgehead atoms. The Labute approximate surface area is 228 Å². The molecule has 0 spiro atoms. The van der Waals surface area contributed by atoms with Crippen LogP contribution in [0.5, 0.6) is 0 Å². The number of aldehydes is 2. The number of carbonyl (C=O) groups is 2. The molecule has 0 atom stereocenters. The van der Waals surface area contributed by atoms with Gasteiger partial charge in [-0.3, -0.25) is 9.59 Å². The molecule has 37 heavy (non-hydrogen) atoms. The third-order valence-corrected chi connectivity index (χ3v) is 7.89. The summed E-state index contributed by atoms with van der Waals surface area (Å²) in [6.07, 6.45) is 18.9. The molecule has 2 aliphatic carbocycles. The first-order valence-electron chi connectivity index (χ1n) is 14.5. The third-order valence-electron chi connectivity index (χ3n) is 7.89. The maximum atomic E-state index is 9.48. The van der Waals surface area contributed by atoms with Gasteiger partial charge in [-0.1, -0.05) is 72.0 Å². The summed E-state index contributed by atoms with van der Waals surface area (Å²) >= 11 is 0. The van der Waals surface area contributed by atoms with Crippen LogP contribution < -0.4 is 0 Å². The van der Waals surface area contributed by atoms with E-state index in [2.05, 4.69) is 27.0 Å². The number of rotatable bonds is 14. The van der Waals surface area contributed by atoms with Crippen molar-refractivity contribution in [1.82, 2.24) is 0 Å². The zero-order valence-electron chi connectivity index (χ0n) is 24.7. The minimum Gasteiger partial charge on any atom is -0.392 e. The Morgan fingerprint density at radius 2 is 1.32 bits per heavy atom. The largest absolute Gasteiger partial charge is 0.392 e. The van der Waals surface area contributed by atoms with E-state index in [0.29, 0.717) is 17.8 Å². The molecule has 0 unspecified atom stereocenters. The minimum absolute atomic E-state index is 0.218. The minimum atomic E-state index is -0.233. The molecular formula is C32H58O5. The Kier molecular flexibility index (Phi) is 21.9. The smallest absolute Gasteiger partial charge is 0.147 e. The lowest BCUT2D eigenvalue weighted by atomic mass is 9.68. The lowest BCUT2D eigenvalue weighted by Crippen LogP contribution is -2.27. The number of ether oxygens (including phenoxy) is 2. The van der Waals surface area contributed by atoms with Crippen molar-refractivity contribution in [3.8, 4) is 0 Å². The van der Waals surface area contributed by atoms with Gasteiger partial charge in [0.05, 0.1) is 19.8 Å². The van der Waals surface area contributed by atoms with Crippen molar-refractivity contribution >= 4 is 12.6 Å². The number of methoxy groups -OCH3 is 2. The van der Waals surface area contributed by atoms with E-state index in [9.17, 15) is 9.59 Å². The molecule has 5 nitrogen and oxygen atoms in total. The lowest BCUT2D eigenvalue weighted by molar-refractivity contribution is -0.105. The molecule has 2 rings (SSSR count). The fraction of sp³-hybridized carbons (Fsp3) is 0.812. The fourth-order valence-corrected chi connectivity index (χ4v) is 5.82. The van der Waals surface area contributed by atoms with Gasteiger partial charge in [0.25, 0.3) is 0 Å². The van der Waals surface area contributed by atoms with E-state index in [1.54, 1.807) is 6.92 Å². The summed E-state index contributed by atoms with van der Waals surface area (Å²) < 4.78 is 10.8. The van der Waals surface area contributed by atoms with Crippen molar-refractivity contribution < 1.29 is 24.2 Å². The van der Waals surface area contributed by atoms with Crippen LogP contribution in [0.2, 0.25) is 0 Å². The Bertz CT molecular complexity index is 592. The van der Waals surface area contributed by atoms with Crippen molar-refractivity contribution in [1.29, 1.82) is 0 Å². The second-order valence-corrected chi connectivity index (χ2v) is 11.8. The van der Waals surface area contributed by atoms with Gasteiger partial charge in [-0.05, 0) is 74.2 Å². The van der Waals surface area contributed by atoms with Crippen LogP contribution in [-0.2, 0) is 19.1 Å². The summed E-state index contributed by atoms with van der Waals surface area (Å²) in [5.74, 6) is 5.51. The summed E-state index contributed by atoms with van der Waals surface area (Å²) in [5.41, 5.74) is 0.792. The van der Waals surface area contributed by atoms with Crippen LogP contribution in [0.15, 0.2) is 24.3 Å². The van der Waals surface area contributed by atoms with Gasteiger partial charge in [0, 0.05) is 25.7 Å². The van der Waals surface area contributed by atoms with E-state index < -0.39 is 0 Å². The van der Waals surface area contributed by atoms with Crippen LogP contribution in [-0.4, -0.2) is 51.7 Å². The molecule has 0 heterocycles. The Balaban J connectivity index is 0.000000987. The van der Waals surface area contributed by atoms with Gasteiger partial charge in [0.2, 0.25) is 0 Å². The molecule has 0 aromatic rings. The van der Waals surface area contributed by atoms with Gasteiger partial charge >= 0.3 is 0 Å². The predicted molar refractivity (Wildman–Crippen MR) is 155 cm³/mol. The molecular weight excluding hydrogens is 464 g/mol. The Hall–Kier alpha value is -1.30. The number of allylic oxidation sites excluding steroid dienone is 1. The molecule has 0 aliphatic heterocycles. The highest BCUT2D eigenvalue weighted by molar-refractivity contribution is 5.72. The monoisotopic (exact) mass is 522 g/mol. The van der Waals surface area contributed by atoms with Crippen molar-refractivity contribution in [2.24, 2.45) is 35.5 Å². The fourth-order valence-electron chi connectivity index (χ4n) is 5.82. The van der Waals surface area contributed by atoms with E-state index >= 15 is 0 Å². The van der Waals surface area contributed by atoms with Crippen LogP contribution in [0, 0.1) is 35.5 Å². The summed E-state index contributed by atoms with van der Waals surface area (Å²) in [6, 6.07) is 0. The molecule has 0 radical (unpaired) electrons. The Morgan fingerprint density at radius 3 is 1.65 bits per heavy atom. The lowest BCUT2D eigenvalue weighted by Gasteiger charge is -2.38. The zero-order valence-corrected chi connectivity index (χ0v) is 24.7. The SMILES string of the molecule is C=C(C)C=O.C=C(C=O)CO.COCC(COC)CC1CCC(C2CCC(CCCC(C)C)CC2)CC1. The summed E-state index contributed by atoms with van der Waals surface area (Å²) in [4.78, 5) is 18.9. The highest BCUT2D eigenvalue weighted by Gasteiger charge is 2.31. The number of aliphatic hydroxyl groups excluding tert-OH is 1. The molecule has 0 aromatic heterocycles. The van der Waals surface area contributed by atoms with E-state index in [-0.39, 0.29) is 12.2 Å². The molecule has 2 fully saturated rings. The molecule has 0 saturated heterocycles. The third kappa shape index (κ3) is 18.6. The normalized spacial score (nSPS) is 23.4. The standard InChI is InChI=1S/C24H46O2.C4H6O2.C4H6O/c1-19(2)6-5-7-20-8-12-23(13-9-20)24-14-10-21(11-15-24)16-22(17-25-3)18-26-4;1-4(2-5)3-6;1-4(2)3-5/h19-24H,5-18H2,1-4H3;2,6H,1,3H2;3H,1H2,2H3. The first-order valence-corrected chi connectivity index (χ1v) is 14.5. The van der Waals surface area contributed by atoms with Gasteiger partial charge in [-0.2, -0.15) is 0 Å². The van der Waals surface area contributed by atoms with Crippen LogP contribution in [0.3, 0.4) is 0 Å². The van der Waals surface area contributed by atoms with Crippen LogP contribution in [0.25, 0.3) is 0 Å². The van der Waals surface area contributed by atoms with E-state index in [1.165, 1.54) is 77.0 Å². The molecule has 0 aromatic carbocycles. The molecule has 5 heteroatoms. The number of aliphatic hydroxyl groups is 1. The van der Waals surface area contributed by atoms with Crippen LogP contribution >= 0.6 is 0 Å². The average Bonchev–Trinajstić information content (AvgIpc) is 2.90. The number of hydrogen-bond acceptors (Lipinski definition) is 5. The highest BCUT2D eigenvalue weighted by Crippen LogP contribution is 2.43. The molecule has 2 saturated carbocycles. The van der Waals surface area contributed by atoms with E-state index in [1.807, 2.05) is 14.2 Å². The Morgan fingerprint density at radius 1 is 0.865 bits per heavy atom. The number of hydrogen-bond donors (Lipinski definition) is 1. The molecule has 2 aliphatic rings. The zero-order chi connectivity index (χ0) is 28.1. The maximum Gasteiger partial charge on any atom is 0.147 e. The van der Waals surface area contributed by atoms with Crippen molar-refractivity contribution in [3.05, 3.63) is 24.3 Å². The van der Waals surface area contributed by atoms with Crippen LogP contribution in [0.1, 0.15) is 97.8 Å². The van der Waals surface area contributed by atoms with Crippen molar-refractivity contribution in [3.63, 3.8) is 0 Å². The predicted octanol–water partition coefficient (Wildman–Crippen LogP) is 7.22. The number of carbonyl (C=O) groups excluding carboxylic acids is 2. The molecule has 216 valence electrons. The summed E-state index contributed by atoms with van der Waals surface area (Å²) in [7, 11) is 3.64. The van der Waals surface area contributed by atoms with Gasteiger partial charge < -0.3 is 14.6 Å². The van der Waals surface area contributed by atoms with Crippen LogP contribution in [0.4, 0.5) is 0 Å². The molecule has 1 N–H and O–H groups in total. The highest BCUT2D eigenvalue weighted by atomic mass is 16.5. The van der Waals surface area contributed by atoms with Crippen molar-refractivity contribution in [2.75, 3.05) is 34.0 Å². The van der Waals surface area contributed by atoms with E-state index in [0.717, 1.165) is 49.1 Å². The summed E-state index contributed by atoms with van der Waals surface area (Å²) in [5, 5.41) is 8.00. The molecule has 0 amide bonds. The van der Waals surface area contributed by atoms with Gasteiger partial charge in [-0.15, -0.1) is 0 Å².